The number of hydrogen-bond donors (Lipinski definition) is 0. The van der Waals surface area contributed by atoms with E-state index in [1.54, 1.807) is 30.2 Å². The molecule has 0 bridgehead atoms. The molecule has 1 atom stereocenters. The van der Waals surface area contributed by atoms with Crippen molar-refractivity contribution in [2.75, 3.05) is 18.6 Å². The molecule has 1 aliphatic heterocycles. The van der Waals surface area contributed by atoms with Gasteiger partial charge >= 0.3 is 5.97 Å². The minimum absolute atomic E-state index is 0.0839. The summed E-state index contributed by atoms with van der Waals surface area (Å²) in [6.45, 7) is 9.80. The number of nitrogens with zero attached hydrogens (tertiary/aromatic N) is 2. The largest absolute Gasteiger partial charge is 0.464 e. The van der Waals surface area contributed by atoms with Crippen LogP contribution in [0.2, 0.25) is 5.02 Å². The summed E-state index contributed by atoms with van der Waals surface area (Å²) in [5, 5.41) is 1.46. The molecule has 0 radical (unpaired) electrons. The van der Waals surface area contributed by atoms with E-state index in [1.165, 1.54) is 0 Å². The van der Waals surface area contributed by atoms with Crippen LogP contribution in [0.3, 0.4) is 0 Å². The number of rotatable bonds is 6. The van der Waals surface area contributed by atoms with Gasteiger partial charge in [0.25, 0.3) is 0 Å². The zero-order chi connectivity index (χ0) is 28.1. The van der Waals surface area contributed by atoms with Gasteiger partial charge in [-0.3, -0.25) is 4.79 Å². The number of ether oxygens (including phenoxy) is 2. The third kappa shape index (κ3) is 5.31. The second kappa shape index (κ2) is 10.4. The summed E-state index contributed by atoms with van der Waals surface area (Å²) in [7, 11) is 1.80. The molecule has 0 fully saturated rings. The van der Waals surface area contributed by atoms with Gasteiger partial charge in [0.2, 0.25) is 5.91 Å². The van der Waals surface area contributed by atoms with Crippen LogP contribution in [0.4, 0.5) is 5.69 Å². The Morgan fingerprint density at radius 3 is 2.49 bits per heavy atom. The highest BCUT2D eigenvalue weighted by Gasteiger charge is 2.33. The second-order valence-electron chi connectivity index (χ2n) is 10.7. The average Bonchev–Trinajstić information content (AvgIpc) is 3.42. The fourth-order valence-corrected chi connectivity index (χ4v) is 6.22. The number of aryl methyl sites for hydroxylation is 1. The quantitative estimate of drug-likeness (QED) is 0.227. The number of aromatic nitrogens is 1. The smallest absolute Gasteiger partial charge is 0.339 e. The van der Waals surface area contributed by atoms with Crippen molar-refractivity contribution in [3.05, 3.63) is 70.2 Å². The first-order valence-electron chi connectivity index (χ1n) is 12.9. The van der Waals surface area contributed by atoms with E-state index in [1.807, 2.05) is 76.2 Å². The van der Waals surface area contributed by atoms with E-state index in [0.29, 0.717) is 11.4 Å². The number of carbonyl (C=O) groups is 2. The van der Waals surface area contributed by atoms with Crippen molar-refractivity contribution in [2.45, 2.75) is 52.7 Å². The van der Waals surface area contributed by atoms with E-state index < -0.39 is 17.7 Å². The molecule has 0 saturated heterocycles. The molecule has 2 heterocycles. The number of likely N-dealkylation sites (N-methyl/N-ethyl adjacent to an activating group) is 1. The summed E-state index contributed by atoms with van der Waals surface area (Å²) in [4.78, 5) is 32.3. The van der Waals surface area contributed by atoms with Crippen molar-refractivity contribution in [3.63, 3.8) is 0 Å². The minimum Gasteiger partial charge on any atom is -0.464 e. The topological polar surface area (TPSA) is 68.7 Å². The Bertz CT molecular complexity index is 1590. The first-order valence-corrected chi connectivity index (χ1v) is 14.1. The molecule has 0 aliphatic carbocycles. The van der Waals surface area contributed by atoms with E-state index in [-0.39, 0.29) is 12.5 Å². The lowest BCUT2D eigenvalue weighted by molar-refractivity contribution is -0.166. The maximum absolute atomic E-state index is 13.3. The highest BCUT2D eigenvalue weighted by Crippen LogP contribution is 2.45. The lowest BCUT2D eigenvalue weighted by Crippen LogP contribution is -2.29. The van der Waals surface area contributed by atoms with Crippen LogP contribution in [-0.2, 0) is 25.5 Å². The highest BCUT2D eigenvalue weighted by atomic mass is 35.5. The van der Waals surface area contributed by atoms with E-state index >= 15 is 0 Å². The van der Waals surface area contributed by atoms with Gasteiger partial charge in [0.15, 0.2) is 6.10 Å². The normalized spacial score (nSPS) is 14.1. The SMILES string of the molecule is CCOC(=O)[C@@H](OC(C)(C)C)c1c(C)cc2nc(-c3ccc4c(c3)CC(=O)N4C)sc2c1-c1ccc(Cl)cc1. The Morgan fingerprint density at radius 2 is 1.82 bits per heavy atom. The fourth-order valence-electron chi connectivity index (χ4n) is 4.98. The molecule has 0 unspecified atom stereocenters. The number of esters is 1. The second-order valence-corrected chi connectivity index (χ2v) is 12.1. The first-order chi connectivity index (χ1) is 18.5. The molecule has 39 heavy (non-hydrogen) atoms. The summed E-state index contributed by atoms with van der Waals surface area (Å²) >= 11 is 7.80. The maximum Gasteiger partial charge on any atom is 0.339 e. The molecule has 1 aromatic heterocycles. The Hall–Kier alpha value is -3.26. The zero-order valence-electron chi connectivity index (χ0n) is 22.9. The lowest BCUT2D eigenvalue weighted by Gasteiger charge is -2.29. The van der Waals surface area contributed by atoms with E-state index in [0.717, 1.165) is 54.3 Å². The highest BCUT2D eigenvalue weighted by molar-refractivity contribution is 7.22. The number of halogens is 1. The number of fused-ring (bicyclic) bond motifs is 2. The Kier molecular flexibility index (Phi) is 7.27. The van der Waals surface area contributed by atoms with Gasteiger partial charge in [-0.25, -0.2) is 9.78 Å². The molecule has 5 rings (SSSR count). The van der Waals surface area contributed by atoms with Gasteiger partial charge in [-0.05, 0) is 87.7 Å². The van der Waals surface area contributed by atoms with Gasteiger partial charge in [0.1, 0.15) is 5.01 Å². The molecule has 1 amide bonds. The van der Waals surface area contributed by atoms with Crippen LogP contribution in [0, 0.1) is 6.92 Å². The van der Waals surface area contributed by atoms with Crippen molar-refractivity contribution in [3.8, 4) is 21.7 Å². The predicted octanol–water partition coefficient (Wildman–Crippen LogP) is 7.53. The van der Waals surface area contributed by atoms with Gasteiger partial charge in [-0.1, -0.05) is 23.7 Å². The molecule has 6 nitrogen and oxygen atoms in total. The standard InChI is InChI=1S/C31H31ClN2O4S/c1-7-37-30(36)27(38-31(3,4)5)25-17(2)14-22-28(26(25)18-8-11-21(32)12-9-18)39-29(33-22)19-10-13-23-20(15-19)16-24(35)34(23)6/h8-15,27H,7,16H2,1-6H3/t27-/m0/s1. The zero-order valence-corrected chi connectivity index (χ0v) is 24.5. The van der Waals surface area contributed by atoms with Gasteiger partial charge < -0.3 is 14.4 Å². The number of anilines is 1. The van der Waals surface area contributed by atoms with Gasteiger partial charge in [0, 0.05) is 34.4 Å². The molecular formula is C31H31ClN2O4S. The van der Waals surface area contributed by atoms with Gasteiger partial charge in [0.05, 0.1) is 28.8 Å². The predicted molar refractivity (Wildman–Crippen MR) is 158 cm³/mol. The van der Waals surface area contributed by atoms with E-state index in [4.69, 9.17) is 26.1 Å². The van der Waals surface area contributed by atoms with Crippen molar-refractivity contribution >= 4 is 50.7 Å². The number of thiazole rings is 1. The molecule has 1 aliphatic rings. The Labute approximate surface area is 237 Å². The number of carbonyl (C=O) groups excluding carboxylic acids is 2. The van der Waals surface area contributed by atoms with Crippen LogP contribution < -0.4 is 4.90 Å². The number of hydrogen-bond acceptors (Lipinski definition) is 6. The Morgan fingerprint density at radius 1 is 1.13 bits per heavy atom. The lowest BCUT2D eigenvalue weighted by atomic mass is 9.91. The molecule has 0 saturated carbocycles. The minimum atomic E-state index is -0.924. The molecule has 8 heteroatoms. The first kappa shape index (κ1) is 27.3. The van der Waals surface area contributed by atoms with E-state index in [9.17, 15) is 9.59 Å². The summed E-state index contributed by atoms with van der Waals surface area (Å²) in [6, 6.07) is 15.6. The third-order valence-corrected chi connectivity index (χ3v) is 8.09. The van der Waals surface area contributed by atoms with Crippen LogP contribution in [0.5, 0.6) is 0 Å². The van der Waals surface area contributed by atoms with Crippen LogP contribution in [0.15, 0.2) is 48.5 Å². The number of amides is 1. The van der Waals surface area contributed by atoms with Gasteiger partial charge in [-0.2, -0.15) is 0 Å². The molecule has 3 aromatic carbocycles. The summed E-state index contributed by atoms with van der Waals surface area (Å²) in [6.07, 6.45) is -0.540. The Balaban J connectivity index is 1.74. The van der Waals surface area contributed by atoms with E-state index in [2.05, 4.69) is 0 Å². The third-order valence-electron chi connectivity index (χ3n) is 6.70. The summed E-state index contributed by atoms with van der Waals surface area (Å²) < 4.78 is 12.8. The molecule has 4 aromatic rings. The number of benzene rings is 3. The molecule has 0 N–H and O–H groups in total. The van der Waals surface area contributed by atoms with Crippen LogP contribution in [0.25, 0.3) is 31.9 Å². The molecular weight excluding hydrogens is 532 g/mol. The monoisotopic (exact) mass is 562 g/mol. The van der Waals surface area contributed by atoms with Crippen molar-refractivity contribution in [1.82, 2.24) is 4.98 Å². The summed E-state index contributed by atoms with van der Waals surface area (Å²) in [5.74, 6) is -0.345. The van der Waals surface area contributed by atoms with Crippen LogP contribution >= 0.6 is 22.9 Å². The summed E-state index contributed by atoms with van der Waals surface area (Å²) in [5.41, 5.74) is 6.54. The van der Waals surface area contributed by atoms with Crippen molar-refractivity contribution < 1.29 is 19.1 Å². The average molecular weight is 563 g/mol. The van der Waals surface area contributed by atoms with Crippen LogP contribution in [-0.4, -0.2) is 36.1 Å². The van der Waals surface area contributed by atoms with Gasteiger partial charge in [-0.15, -0.1) is 11.3 Å². The van der Waals surface area contributed by atoms with Crippen molar-refractivity contribution in [1.29, 1.82) is 0 Å². The molecule has 202 valence electrons. The maximum atomic E-state index is 13.3. The van der Waals surface area contributed by atoms with Crippen molar-refractivity contribution in [2.24, 2.45) is 0 Å². The van der Waals surface area contributed by atoms with Crippen LogP contribution in [0.1, 0.15) is 50.5 Å². The molecule has 0 spiro atoms. The fraction of sp³-hybridized carbons (Fsp3) is 0.323.